The van der Waals surface area contributed by atoms with Crippen molar-refractivity contribution in [3.05, 3.63) is 35.6 Å². The molecule has 0 N–H and O–H groups in total. The number of benzene rings is 1. The van der Waals surface area contributed by atoms with Gasteiger partial charge in [-0.1, -0.05) is 18.2 Å². The van der Waals surface area contributed by atoms with Gasteiger partial charge >= 0.3 is 0 Å². The van der Waals surface area contributed by atoms with Gasteiger partial charge in [-0.25, -0.2) is 4.39 Å². The first-order valence-corrected chi connectivity index (χ1v) is 9.46. The van der Waals surface area contributed by atoms with E-state index < -0.39 is 0 Å². The van der Waals surface area contributed by atoms with Crippen LogP contribution < -0.4 is 0 Å². The molecule has 2 saturated carbocycles. The summed E-state index contributed by atoms with van der Waals surface area (Å²) in [5.41, 5.74) is 0.587. The summed E-state index contributed by atoms with van der Waals surface area (Å²) in [5, 5.41) is 0. The quantitative estimate of drug-likeness (QED) is 0.824. The van der Waals surface area contributed by atoms with Gasteiger partial charge in [-0.05, 0) is 44.6 Å². The number of piperidine rings is 1. The summed E-state index contributed by atoms with van der Waals surface area (Å²) in [5.74, 6) is 0.387. The lowest BCUT2D eigenvalue weighted by Crippen LogP contribution is -2.45. The first-order valence-electron chi connectivity index (χ1n) is 9.46. The molecule has 2 amide bonds. The lowest BCUT2D eigenvalue weighted by atomic mass is 9.94. The summed E-state index contributed by atoms with van der Waals surface area (Å²) in [7, 11) is 0. The Morgan fingerprint density at radius 1 is 1.00 bits per heavy atom. The molecular formula is C20H25FN2O2. The molecule has 3 fully saturated rings. The van der Waals surface area contributed by atoms with Crippen molar-refractivity contribution < 1.29 is 14.0 Å². The molecule has 1 aromatic rings. The second kappa shape index (κ2) is 6.77. The lowest BCUT2D eigenvalue weighted by Gasteiger charge is -2.34. The lowest BCUT2D eigenvalue weighted by molar-refractivity contribution is -0.142. The van der Waals surface area contributed by atoms with E-state index in [0.29, 0.717) is 25.2 Å². The van der Waals surface area contributed by atoms with E-state index in [1.54, 1.807) is 12.1 Å². The van der Waals surface area contributed by atoms with Crippen LogP contribution in [0.15, 0.2) is 24.3 Å². The number of carbonyl (C=O) groups is 2. The largest absolute Gasteiger partial charge is 0.342 e. The van der Waals surface area contributed by atoms with Gasteiger partial charge in [0.1, 0.15) is 5.82 Å². The van der Waals surface area contributed by atoms with Gasteiger partial charge < -0.3 is 9.80 Å². The zero-order valence-electron chi connectivity index (χ0n) is 14.5. The highest BCUT2D eigenvalue weighted by molar-refractivity contribution is 5.82. The standard InChI is InChI=1S/C20H25FN2O2/c21-18-4-2-1-3-16(18)13-23(17-7-8-17)20(25)15-9-11-22(12-10-15)19(24)14-5-6-14/h1-4,14-15,17H,5-13H2. The predicted molar refractivity (Wildman–Crippen MR) is 92.0 cm³/mol. The summed E-state index contributed by atoms with van der Waals surface area (Å²) in [4.78, 5) is 29.0. The summed E-state index contributed by atoms with van der Waals surface area (Å²) in [6.45, 7) is 1.73. The third-order valence-corrected chi connectivity index (χ3v) is 5.65. The van der Waals surface area contributed by atoms with E-state index in [2.05, 4.69) is 0 Å². The number of hydrogen-bond acceptors (Lipinski definition) is 2. The second-order valence-corrected chi connectivity index (χ2v) is 7.66. The van der Waals surface area contributed by atoms with E-state index in [1.165, 1.54) is 6.07 Å². The van der Waals surface area contributed by atoms with Crippen molar-refractivity contribution in [2.75, 3.05) is 13.1 Å². The van der Waals surface area contributed by atoms with Crippen LogP contribution in [0.2, 0.25) is 0 Å². The highest BCUT2D eigenvalue weighted by Crippen LogP contribution is 2.34. The van der Waals surface area contributed by atoms with Gasteiger partial charge in [0.2, 0.25) is 11.8 Å². The molecule has 1 aliphatic heterocycles. The van der Waals surface area contributed by atoms with E-state index in [1.807, 2.05) is 15.9 Å². The third kappa shape index (κ3) is 3.70. The number of nitrogens with zero attached hydrogens (tertiary/aromatic N) is 2. The van der Waals surface area contributed by atoms with Gasteiger partial charge in [0.05, 0.1) is 0 Å². The maximum Gasteiger partial charge on any atom is 0.226 e. The molecular weight excluding hydrogens is 319 g/mol. The number of rotatable bonds is 5. The van der Waals surface area contributed by atoms with Crippen LogP contribution >= 0.6 is 0 Å². The monoisotopic (exact) mass is 344 g/mol. The predicted octanol–water partition coefficient (Wildman–Crippen LogP) is 2.97. The Kier molecular flexibility index (Phi) is 4.48. The normalized spacial score (nSPS) is 21.2. The molecule has 0 radical (unpaired) electrons. The summed E-state index contributed by atoms with van der Waals surface area (Å²) in [6.07, 6.45) is 5.54. The maximum atomic E-state index is 14.0. The molecule has 1 saturated heterocycles. The van der Waals surface area contributed by atoms with Crippen LogP contribution in [0.25, 0.3) is 0 Å². The summed E-state index contributed by atoms with van der Waals surface area (Å²) < 4.78 is 14.0. The van der Waals surface area contributed by atoms with Crippen molar-refractivity contribution in [1.29, 1.82) is 0 Å². The molecule has 1 heterocycles. The van der Waals surface area contributed by atoms with E-state index in [9.17, 15) is 14.0 Å². The topological polar surface area (TPSA) is 40.6 Å². The van der Waals surface area contributed by atoms with Crippen molar-refractivity contribution in [2.45, 2.75) is 51.1 Å². The molecule has 4 nitrogen and oxygen atoms in total. The molecule has 2 aliphatic carbocycles. The van der Waals surface area contributed by atoms with Crippen molar-refractivity contribution in [3.63, 3.8) is 0 Å². The Morgan fingerprint density at radius 2 is 1.68 bits per heavy atom. The number of likely N-dealkylation sites (tertiary alicyclic amines) is 1. The Morgan fingerprint density at radius 3 is 2.28 bits per heavy atom. The number of hydrogen-bond donors (Lipinski definition) is 0. The highest BCUT2D eigenvalue weighted by atomic mass is 19.1. The van der Waals surface area contributed by atoms with Crippen molar-refractivity contribution in [1.82, 2.24) is 9.80 Å². The van der Waals surface area contributed by atoms with Gasteiger partial charge in [-0.15, -0.1) is 0 Å². The SMILES string of the molecule is O=C(C1CC1)N1CCC(C(=O)N(Cc2ccccc2F)C2CC2)CC1. The Hall–Kier alpha value is -1.91. The molecule has 0 atom stereocenters. The molecule has 1 aromatic carbocycles. The average Bonchev–Trinajstić information content (AvgIpc) is 3.52. The maximum absolute atomic E-state index is 14.0. The van der Waals surface area contributed by atoms with Crippen molar-refractivity contribution in [2.24, 2.45) is 11.8 Å². The van der Waals surface area contributed by atoms with E-state index in [4.69, 9.17) is 0 Å². The second-order valence-electron chi connectivity index (χ2n) is 7.66. The van der Waals surface area contributed by atoms with Crippen LogP contribution in [0.5, 0.6) is 0 Å². The van der Waals surface area contributed by atoms with E-state index in [-0.39, 0.29) is 35.5 Å². The first kappa shape index (κ1) is 16.6. The van der Waals surface area contributed by atoms with Crippen LogP contribution in [0, 0.1) is 17.7 Å². The summed E-state index contributed by atoms with van der Waals surface area (Å²) >= 11 is 0. The number of amides is 2. The summed E-state index contributed by atoms with van der Waals surface area (Å²) in [6, 6.07) is 6.96. The molecule has 4 rings (SSSR count). The zero-order valence-corrected chi connectivity index (χ0v) is 14.5. The molecule has 0 aromatic heterocycles. The van der Waals surface area contributed by atoms with Gasteiger partial charge in [-0.3, -0.25) is 9.59 Å². The minimum absolute atomic E-state index is 0.0318. The number of carbonyl (C=O) groups excluding carboxylic acids is 2. The Labute approximate surface area is 148 Å². The fourth-order valence-corrected chi connectivity index (χ4v) is 3.75. The number of halogens is 1. The molecule has 134 valence electrons. The molecule has 0 spiro atoms. The van der Waals surface area contributed by atoms with Crippen molar-refractivity contribution >= 4 is 11.8 Å². The van der Waals surface area contributed by atoms with Crippen LogP contribution in [0.1, 0.15) is 44.1 Å². The smallest absolute Gasteiger partial charge is 0.226 e. The van der Waals surface area contributed by atoms with Gasteiger partial charge in [0.25, 0.3) is 0 Å². The van der Waals surface area contributed by atoms with Crippen LogP contribution in [-0.2, 0) is 16.1 Å². The van der Waals surface area contributed by atoms with E-state index in [0.717, 1.165) is 38.5 Å². The Balaban J connectivity index is 1.38. The molecule has 5 heteroatoms. The molecule has 3 aliphatic rings. The van der Waals surface area contributed by atoms with Crippen LogP contribution in [0.4, 0.5) is 4.39 Å². The molecule has 25 heavy (non-hydrogen) atoms. The van der Waals surface area contributed by atoms with Gasteiger partial charge in [0.15, 0.2) is 0 Å². The Bertz CT molecular complexity index is 661. The van der Waals surface area contributed by atoms with Crippen LogP contribution in [-0.4, -0.2) is 40.7 Å². The zero-order chi connectivity index (χ0) is 17.4. The fraction of sp³-hybridized carbons (Fsp3) is 0.600. The molecule has 0 unspecified atom stereocenters. The highest BCUT2D eigenvalue weighted by Gasteiger charge is 2.39. The van der Waals surface area contributed by atoms with Gasteiger partial charge in [0, 0.05) is 43.1 Å². The average molecular weight is 344 g/mol. The van der Waals surface area contributed by atoms with Gasteiger partial charge in [-0.2, -0.15) is 0 Å². The molecule has 0 bridgehead atoms. The minimum Gasteiger partial charge on any atom is -0.342 e. The first-order chi connectivity index (χ1) is 12.1. The van der Waals surface area contributed by atoms with Crippen LogP contribution in [0.3, 0.4) is 0 Å². The van der Waals surface area contributed by atoms with E-state index >= 15 is 0 Å². The van der Waals surface area contributed by atoms with Crippen molar-refractivity contribution in [3.8, 4) is 0 Å². The fourth-order valence-electron chi connectivity index (χ4n) is 3.75. The minimum atomic E-state index is -0.245. The third-order valence-electron chi connectivity index (χ3n) is 5.65.